The van der Waals surface area contributed by atoms with Crippen LogP contribution in [0.25, 0.3) is 16.9 Å². The molecule has 0 radical (unpaired) electrons. The van der Waals surface area contributed by atoms with Gasteiger partial charge in [0.1, 0.15) is 5.56 Å². The van der Waals surface area contributed by atoms with Gasteiger partial charge in [-0.15, -0.1) is 0 Å². The van der Waals surface area contributed by atoms with Gasteiger partial charge in [-0.2, -0.15) is 5.10 Å². The zero-order valence-corrected chi connectivity index (χ0v) is 14.9. The minimum atomic E-state index is -0.0560. The number of benzene rings is 2. The maximum Gasteiger partial charge on any atom is 0.263 e. The topological polar surface area (TPSA) is 50.5 Å². The molecule has 0 unspecified atom stereocenters. The molecule has 1 atom stereocenters. The van der Waals surface area contributed by atoms with E-state index in [2.05, 4.69) is 23.1 Å². The zero-order chi connectivity index (χ0) is 18.4. The Morgan fingerprint density at radius 1 is 1.04 bits per heavy atom. The highest BCUT2D eigenvalue weighted by molar-refractivity contribution is 6.11. The van der Waals surface area contributed by atoms with Crippen molar-refractivity contribution in [3.63, 3.8) is 0 Å². The molecule has 0 bridgehead atoms. The molecule has 2 aromatic carbocycles. The van der Waals surface area contributed by atoms with Crippen LogP contribution in [0.2, 0.25) is 0 Å². The monoisotopic (exact) mass is 354 g/mol. The fraction of sp³-hybridized carbons (Fsp3) is 0.136. The van der Waals surface area contributed by atoms with E-state index in [1.165, 1.54) is 5.56 Å². The second kappa shape index (κ2) is 6.06. The van der Waals surface area contributed by atoms with E-state index in [1.807, 2.05) is 59.5 Å². The summed E-state index contributed by atoms with van der Waals surface area (Å²) in [4.78, 5) is 19.6. The van der Waals surface area contributed by atoms with Crippen LogP contribution in [0.1, 0.15) is 28.8 Å². The van der Waals surface area contributed by atoms with Gasteiger partial charge in [0.05, 0.1) is 11.9 Å². The molecule has 2 aromatic heterocycles. The van der Waals surface area contributed by atoms with Crippen molar-refractivity contribution >= 4 is 17.2 Å². The summed E-state index contributed by atoms with van der Waals surface area (Å²) in [6.07, 6.45) is 3.36. The number of hydrogen-bond donors (Lipinski definition) is 0. The average molecular weight is 354 g/mol. The number of anilines is 1. The number of nitrogens with zero attached hydrogens (tertiary/aromatic N) is 4. The van der Waals surface area contributed by atoms with E-state index < -0.39 is 0 Å². The Morgan fingerprint density at radius 2 is 1.81 bits per heavy atom. The Hall–Kier alpha value is -3.47. The fourth-order valence-electron chi connectivity index (χ4n) is 3.83. The van der Waals surface area contributed by atoms with Crippen LogP contribution in [0, 0.1) is 0 Å². The van der Waals surface area contributed by atoms with Crippen LogP contribution in [0.5, 0.6) is 0 Å². The molecule has 27 heavy (non-hydrogen) atoms. The molecule has 0 aliphatic carbocycles. The summed E-state index contributed by atoms with van der Waals surface area (Å²) in [5, 5.41) is 4.47. The Kier molecular flexibility index (Phi) is 3.53. The van der Waals surface area contributed by atoms with Crippen LogP contribution in [0.3, 0.4) is 0 Å². The molecule has 1 amide bonds. The number of rotatable bonds is 2. The standard InChI is InChI=1S/C22H18N4O/c1-15-14-25(20-10-6-5-9-17(15)20)22(27)18-13-24-26-19(11-12-23-21(18)26)16-7-3-2-4-8-16/h2-13,15H,14H2,1H3/t15-/m0/s1. The van der Waals surface area contributed by atoms with Gasteiger partial charge in [-0.3, -0.25) is 4.79 Å². The lowest BCUT2D eigenvalue weighted by Gasteiger charge is -2.16. The van der Waals surface area contributed by atoms with Gasteiger partial charge in [-0.05, 0) is 17.7 Å². The van der Waals surface area contributed by atoms with Crippen molar-refractivity contribution < 1.29 is 4.79 Å². The maximum absolute atomic E-state index is 13.3. The summed E-state index contributed by atoms with van der Waals surface area (Å²) < 4.78 is 1.74. The van der Waals surface area contributed by atoms with Gasteiger partial charge in [0, 0.05) is 29.9 Å². The van der Waals surface area contributed by atoms with Crippen LogP contribution < -0.4 is 4.90 Å². The molecule has 4 aromatic rings. The summed E-state index contributed by atoms with van der Waals surface area (Å²) in [7, 11) is 0. The first-order chi connectivity index (χ1) is 13.2. The van der Waals surface area contributed by atoms with Crippen LogP contribution in [-0.4, -0.2) is 27.0 Å². The van der Waals surface area contributed by atoms with E-state index in [9.17, 15) is 4.79 Å². The van der Waals surface area contributed by atoms with E-state index in [-0.39, 0.29) is 5.91 Å². The molecule has 5 heteroatoms. The van der Waals surface area contributed by atoms with E-state index in [0.717, 1.165) is 16.9 Å². The van der Waals surface area contributed by atoms with Crippen molar-refractivity contribution in [2.45, 2.75) is 12.8 Å². The Bertz CT molecular complexity index is 1150. The highest BCUT2D eigenvalue weighted by Gasteiger charge is 2.31. The quantitative estimate of drug-likeness (QED) is 0.543. The fourth-order valence-corrected chi connectivity index (χ4v) is 3.83. The van der Waals surface area contributed by atoms with Crippen LogP contribution >= 0.6 is 0 Å². The predicted molar refractivity (Wildman–Crippen MR) is 105 cm³/mol. The lowest BCUT2D eigenvalue weighted by Crippen LogP contribution is -2.29. The summed E-state index contributed by atoms with van der Waals surface area (Å²) in [6.45, 7) is 2.82. The second-order valence-electron chi connectivity index (χ2n) is 6.87. The van der Waals surface area contributed by atoms with E-state index in [4.69, 9.17) is 0 Å². The van der Waals surface area contributed by atoms with E-state index >= 15 is 0 Å². The van der Waals surface area contributed by atoms with Crippen molar-refractivity contribution in [1.29, 1.82) is 0 Å². The number of aromatic nitrogens is 3. The lowest BCUT2D eigenvalue weighted by atomic mass is 10.0. The van der Waals surface area contributed by atoms with Gasteiger partial charge in [-0.25, -0.2) is 9.50 Å². The Balaban J connectivity index is 1.60. The average Bonchev–Trinajstić information content (AvgIpc) is 3.30. The number of para-hydroxylation sites is 1. The summed E-state index contributed by atoms with van der Waals surface area (Å²) in [6, 6.07) is 20.0. The molecule has 1 aliphatic rings. The number of carbonyl (C=O) groups excluding carboxylic acids is 1. The molecular formula is C22H18N4O. The molecule has 0 saturated carbocycles. The van der Waals surface area contributed by atoms with Crippen LogP contribution in [0.15, 0.2) is 73.1 Å². The largest absolute Gasteiger partial charge is 0.307 e. The smallest absolute Gasteiger partial charge is 0.263 e. The van der Waals surface area contributed by atoms with Crippen LogP contribution in [-0.2, 0) is 0 Å². The predicted octanol–water partition coefficient (Wildman–Crippen LogP) is 4.16. The third-order valence-corrected chi connectivity index (χ3v) is 5.16. The molecule has 132 valence electrons. The zero-order valence-electron chi connectivity index (χ0n) is 14.9. The van der Waals surface area contributed by atoms with Crippen molar-refractivity contribution in [2.24, 2.45) is 0 Å². The van der Waals surface area contributed by atoms with Crippen molar-refractivity contribution in [3.8, 4) is 11.3 Å². The molecule has 0 fully saturated rings. The lowest BCUT2D eigenvalue weighted by molar-refractivity contribution is 0.0989. The first-order valence-corrected chi connectivity index (χ1v) is 9.03. The number of amides is 1. The Labute approximate surface area is 156 Å². The second-order valence-corrected chi connectivity index (χ2v) is 6.87. The maximum atomic E-state index is 13.3. The van der Waals surface area contributed by atoms with Gasteiger partial charge in [-0.1, -0.05) is 55.5 Å². The SMILES string of the molecule is C[C@H]1CN(C(=O)c2cnn3c(-c4ccccc4)ccnc23)c2ccccc21. The van der Waals surface area contributed by atoms with E-state index in [1.54, 1.807) is 16.9 Å². The van der Waals surface area contributed by atoms with E-state index in [0.29, 0.717) is 23.7 Å². The minimum Gasteiger partial charge on any atom is -0.307 e. The third-order valence-electron chi connectivity index (χ3n) is 5.16. The molecule has 5 rings (SSSR count). The normalized spacial score (nSPS) is 15.9. The molecule has 0 spiro atoms. The minimum absolute atomic E-state index is 0.0560. The Morgan fingerprint density at radius 3 is 2.67 bits per heavy atom. The van der Waals surface area contributed by atoms with Crippen molar-refractivity contribution in [1.82, 2.24) is 14.6 Å². The number of carbonyl (C=O) groups is 1. The van der Waals surface area contributed by atoms with Gasteiger partial charge in [0.2, 0.25) is 0 Å². The molecule has 1 aliphatic heterocycles. The number of hydrogen-bond acceptors (Lipinski definition) is 3. The molecule has 3 heterocycles. The summed E-state index contributed by atoms with van der Waals surface area (Å²) in [5.41, 5.74) is 5.24. The van der Waals surface area contributed by atoms with Gasteiger partial charge >= 0.3 is 0 Å². The third kappa shape index (κ3) is 2.43. The summed E-state index contributed by atoms with van der Waals surface area (Å²) in [5.74, 6) is 0.263. The number of fused-ring (bicyclic) bond motifs is 2. The highest BCUT2D eigenvalue weighted by atomic mass is 16.2. The molecule has 0 N–H and O–H groups in total. The van der Waals surface area contributed by atoms with Gasteiger partial charge in [0.15, 0.2) is 5.65 Å². The molecular weight excluding hydrogens is 336 g/mol. The summed E-state index contributed by atoms with van der Waals surface area (Å²) >= 11 is 0. The molecule has 0 saturated heterocycles. The molecule has 5 nitrogen and oxygen atoms in total. The van der Waals surface area contributed by atoms with Gasteiger partial charge in [0.25, 0.3) is 5.91 Å². The van der Waals surface area contributed by atoms with Crippen LogP contribution in [0.4, 0.5) is 5.69 Å². The first-order valence-electron chi connectivity index (χ1n) is 9.03. The van der Waals surface area contributed by atoms with Gasteiger partial charge < -0.3 is 4.90 Å². The van der Waals surface area contributed by atoms with Crippen molar-refractivity contribution in [3.05, 3.63) is 84.2 Å². The first kappa shape index (κ1) is 15.8. The van der Waals surface area contributed by atoms with Crippen molar-refractivity contribution in [2.75, 3.05) is 11.4 Å². The highest BCUT2D eigenvalue weighted by Crippen LogP contribution is 2.36.